The fourth-order valence-corrected chi connectivity index (χ4v) is 2.05. The lowest BCUT2D eigenvalue weighted by molar-refractivity contribution is 0.0900. The zero-order valence-corrected chi connectivity index (χ0v) is 10.5. The van der Waals surface area contributed by atoms with E-state index in [4.69, 9.17) is 9.47 Å². The summed E-state index contributed by atoms with van der Waals surface area (Å²) in [5.41, 5.74) is 2.50. The fraction of sp³-hybridized carbons (Fsp3) is 0.571. The van der Waals surface area contributed by atoms with Gasteiger partial charge in [-0.1, -0.05) is 0 Å². The summed E-state index contributed by atoms with van der Waals surface area (Å²) in [5.74, 6) is 1.78. The van der Waals surface area contributed by atoms with Crippen LogP contribution in [0.15, 0.2) is 12.1 Å². The molecule has 1 unspecified atom stereocenters. The zero-order valence-electron chi connectivity index (χ0n) is 10.5. The normalized spacial score (nSPS) is 22.6. The number of nitrogens with one attached hydrogen (secondary N) is 1. The number of hydrogen-bond acceptors (Lipinski definition) is 3. The Hall–Kier alpha value is -1.22. The molecule has 0 spiro atoms. The molecule has 1 aliphatic heterocycles. The lowest BCUT2D eigenvalue weighted by Gasteiger charge is -2.27. The Morgan fingerprint density at radius 3 is 2.59 bits per heavy atom. The van der Waals surface area contributed by atoms with Crippen molar-refractivity contribution in [2.45, 2.75) is 38.8 Å². The molecule has 1 aromatic carbocycles. The van der Waals surface area contributed by atoms with Crippen molar-refractivity contribution in [2.24, 2.45) is 0 Å². The number of ether oxygens (including phenoxy) is 2. The maximum atomic E-state index is 5.96. The summed E-state index contributed by atoms with van der Waals surface area (Å²) >= 11 is 0. The third kappa shape index (κ3) is 2.39. The minimum Gasteiger partial charge on any atom is -0.486 e. The van der Waals surface area contributed by atoms with E-state index in [2.05, 4.69) is 31.3 Å². The molecule has 1 aromatic rings. The van der Waals surface area contributed by atoms with Crippen LogP contribution in [0.4, 0.5) is 0 Å². The van der Waals surface area contributed by atoms with Crippen molar-refractivity contribution in [1.29, 1.82) is 0 Å². The molecule has 3 heteroatoms. The Labute approximate surface area is 102 Å². The second-order valence-electron chi connectivity index (χ2n) is 5.12. The van der Waals surface area contributed by atoms with E-state index in [1.54, 1.807) is 0 Å². The Bertz CT molecular complexity index is 426. The van der Waals surface area contributed by atoms with Gasteiger partial charge in [0.25, 0.3) is 0 Å². The van der Waals surface area contributed by atoms with Gasteiger partial charge in [0.2, 0.25) is 0 Å². The highest BCUT2D eigenvalue weighted by Crippen LogP contribution is 2.34. The van der Waals surface area contributed by atoms with Crippen molar-refractivity contribution in [3.63, 3.8) is 0 Å². The Morgan fingerprint density at radius 2 is 1.88 bits per heavy atom. The van der Waals surface area contributed by atoms with E-state index in [0.717, 1.165) is 24.1 Å². The first-order valence-electron chi connectivity index (χ1n) is 6.36. The van der Waals surface area contributed by atoms with Gasteiger partial charge in [0.15, 0.2) is 11.5 Å². The number of fused-ring (bicyclic) bond motifs is 1. The van der Waals surface area contributed by atoms with Crippen molar-refractivity contribution < 1.29 is 9.47 Å². The van der Waals surface area contributed by atoms with E-state index in [-0.39, 0.29) is 6.10 Å². The van der Waals surface area contributed by atoms with Crippen LogP contribution in [-0.2, 0) is 0 Å². The fourth-order valence-electron chi connectivity index (χ4n) is 2.05. The van der Waals surface area contributed by atoms with Gasteiger partial charge in [0, 0.05) is 12.6 Å². The Balaban J connectivity index is 1.68. The highest BCUT2D eigenvalue weighted by molar-refractivity contribution is 5.47. The van der Waals surface area contributed by atoms with E-state index in [9.17, 15) is 0 Å². The molecule has 1 N–H and O–H groups in total. The number of benzene rings is 1. The molecular formula is C14H19NO2. The van der Waals surface area contributed by atoms with Crippen molar-refractivity contribution in [1.82, 2.24) is 5.32 Å². The van der Waals surface area contributed by atoms with Gasteiger partial charge in [-0.05, 0) is 49.9 Å². The summed E-state index contributed by atoms with van der Waals surface area (Å²) in [7, 11) is 0. The van der Waals surface area contributed by atoms with Gasteiger partial charge >= 0.3 is 0 Å². The van der Waals surface area contributed by atoms with Gasteiger partial charge in [0.05, 0.1) is 0 Å². The number of hydrogen-bond donors (Lipinski definition) is 1. The number of aryl methyl sites for hydroxylation is 2. The van der Waals surface area contributed by atoms with E-state index in [0.29, 0.717) is 6.61 Å². The van der Waals surface area contributed by atoms with Crippen LogP contribution in [0.5, 0.6) is 11.5 Å². The molecular weight excluding hydrogens is 214 g/mol. The van der Waals surface area contributed by atoms with Crippen LogP contribution in [0.1, 0.15) is 24.0 Å². The van der Waals surface area contributed by atoms with Crippen LogP contribution in [0.3, 0.4) is 0 Å². The van der Waals surface area contributed by atoms with Crippen LogP contribution in [0.2, 0.25) is 0 Å². The average Bonchev–Trinajstić information content (AvgIpc) is 3.12. The van der Waals surface area contributed by atoms with Gasteiger partial charge in [0.1, 0.15) is 12.7 Å². The molecule has 1 atom stereocenters. The summed E-state index contributed by atoms with van der Waals surface area (Å²) in [5, 5.41) is 3.48. The Morgan fingerprint density at radius 1 is 1.18 bits per heavy atom. The minimum absolute atomic E-state index is 0.144. The minimum atomic E-state index is 0.144. The highest BCUT2D eigenvalue weighted by atomic mass is 16.6. The van der Waals surface area contributed by atoms with Crippen LogP contribution in [0.25, 0.3) is 0 Å². The van der Waals surface area contributed by atoms with E-state index in [1.165, 1.54) is 24.0 Å². The van der Waals surface area contributed by atoms with Crippen LogP contribution in [-0.4, -0.2) is 25.3 Å². The van der Waals surface area contributed by atoms with Crippen molar-refractivity contribution in [2.75, 3.05) is 13.2 Å². The van der Waals surface area contributed by atoms with Crippen LogP contribution >= 0.6 is 0 Å². The molecule has 0 saturated heterocycles. The van der Waals surface area contributed by atoms with E-state index < -0.39 is 0 Å². The number of rotatable bonds is 3. The van der Waals surface area contributed by atoms with Crippen molar-refractivity contribution >= 4 is 0 Å². The summed E-state index contributed by atoms with van der Waals surface area (Å²) in [6.45, 7) is 5.73. The van der Waals surface area contributed by atoms with Gasteiger partial charge in [-0.15, -0.1) is 0 Å². The van der Waals surface area contributed by atoms with Crippen molar-refractivity contribution in [3.8, 4) is 11.5 Å². The van der Waals surface area contributed by atoms with E-state index in [1.807, 2.05) is 0 Å². The molecule has 1 heterocycles. The molecule has 1 saturated carbocycles. The Kier molecular flexibility index (Phi) is 2.71. The lowest BCUT2D eigenvalue weighted by Crippen LogP contribution is -2.39. The molecule has 3 nitrogen and oxygen atoms in total. The third-order valence-electron chi connectivity index (χ3n) is 3.49. The molecule has 0 radical (unpaired) electrons. The molecule has 0 bridgehead atoms. The SMILES string of the molecule is Cc1cc2c(cc1C)OC(CNC1CC1)CO2. The van der Waals surface area contributed by atoms with Crippen molar-refractivity contribution in [3.05, 3.63) is 23.3 Å². The van der Waals surface area contributed by atoms with Crippen LogP contribution in [0, 0.1) is 13.8 Å². The summed E-state index contributed by atoms with van der Waals surface area (Å²) in [4.78, 5) is 0. The van der Waals surface area contributed by atoms with Crippen LogP contribution < -0.4 is 14.8 Å². The maximum absolute atomic E-state index is 5.96. The lowest BCUT2D eigenvalue weighted by atomic mass is 10.1. The molecule has 2 aliphatic rings. The molecule has 1 aliphatic carbocycles. The first kappa shape index (κ1) is 10.9. The van der Waals surface area contributed by atoms with E-state index >= 15 is 0 Å². The topological polar surface area (TPSA) is 30.5 Å². The molecule has 17 heavy (non-hydrogen) atoms. The molecule has 92 valence electrons. The molecule has 3 rings (SSSR count). The predicted molar refractivity (Wildman–Crippen MR) is 66.9 cm³/mol. The largest absolute Gasteiger partial charge is 0.486 e. The quantitative estimate of drug-likeness (QED) is 0.868. The molecule has 0 aromatic heterocycles. The molecule has 1 fully saturated rings. The van der Waals surface area contributed by atoms with Gasteiger partial charge in [-0.25, -0.2) is 0 Å². The first-order valence-corrected chi connectivity index (χ1v) is 6.36. The highest BCUT2D eigenvalue weighted by Gasteiger charge is 2.25. The standard InChI is InChI=1S/C14H19NO2/c1-9-5-13-14(6-10(9)2)17-12(8-16-13)7-15-11-3-4-11/h5-6,11-12,15H,3-4,7-8H2,1-2H3. The predicted octanol–water partition coefficient (Wildman–Crippen LogP) is 2.20. The van der Waals surface area contributed by atoms with Gasteiger partial charge in [-0.2, -0.15) is 0 Å². The maximum Gasteiger partial charge on any atom is 0.162 e. The van der Waals surface area contributed by atoms with Gasteiger partial charge < -0.3 is 14.8 Å². The summed E-state index contributed by atoms with van der Waals surface area (Å²) in [6, 6.07) is 4.86. The third-order valence-corrected chi connectivity index (χ3v) is 3.49. The zero-order chi connectivity index (χ0) is 11.8. The smallest absolute Gasteiger partial charge is 0.162 e. The average molecular weight is 233 g/mol. The monoisotopic (exact) mass is 233 g/mol. The second-order valence-corrected chi connectivity index (χ2v) is 5.12. The first-order chi connectivity index (χ1) is 8.22. The summed E-state index contributed by atoms with van der Waals surface area (Å²) in [6.07, 6.45) is 2.76. The summed E-state index contributed by atoms with van der Waals surface area (Å²) < 4.78 is 11.7. The second kappa shape index (κ2) is 4.22. The van der Waals surface area contributed by atoms with Gasteiger partial charge in [-0.3, -0.25) is 0 Å². The molecule has 0 amide bonds.